The molecule has 4 heterocycles. The lowest BCUT2D eigenvalue weighted by Gasteiger charge is -2.49. The van der Waals surface area contributed by atoms with Crippen molar-refractivity contribution in [2.24, 2.45) is 5.92 Å². The Morgan fingerprint density at radius 1 is 1.24 bits per heavy atom. The first-order valence-corrected chi connectivity index (χ1v) is 14.9. The number of thiophene rings is 1. The lowest BCUT2D eigenvalue weighted by atomic mass is 9.75. The molecule has 1 aliphatic carbocycles. The van der Waals surface area contributed by atoms with Crippen LogP contribution >= 0.6 is 11.3 Å². The number of nitrogens with two attached hydrogens (primary N) is 1. The molecule has 12 heteroatoms. The van der Waals surface area contributed by atoms with Gasteiger partial charge in [-0.2, -0.15) is 15.2 Å². The number of hydrogen-bond donors (Lipinski definition) is 1. The van der Waals surface area contributed by atoms with E-state index in [-0.39, 0.29) is 37.8 Å². The predicted octanol–water partition coefficient (Wildman–Crippen LogP) is 4.89. The molecule has 1 aliphatic heterocycles. The summed E-state index contributed by atoms with van der Waals surface area (Å²) >= 11 is 0.852. The third-order valence-electron chi connectivity index (χ3n) is 8.88. The number of anilines is 2. The van der Waals surface area contributed by atoms with Crippen molar-refractivity contribution >= 4 is 43.1 Å². The lowest BCUT2D eigenvalue weighted by Crippen LogP contribution is -2.56. The minimum absolute atomic E-state index is 0.0101. The van der Waals surface area contributed by atoms with Gasteiger partial charge in [-0.25, -0.2) is 8.78 Å². The summed E-state index contributed by atoms with van der Waals surface area (Å²) in [6.07, 6.45) is 6.10. The highest BCUT2D eigenvalue weighted by Gasteiger charge is 2.40. The number of nitriles is 1. The molecule has 42 heavy (non-hydrogen) atoms. The Morgan fingerprint density at radius 3 is 2.67 bits per heavy atom. The van der Waals surface area contributed by atoms with Crippen LogP contribution in [0.5, 0.6) is 6.01 Å². The molecule has 1 aromatic carbocycles. The van der Waals surface area contributed by atoms with Gasteiger partial charge in [0.15, 0.2) is 11.6 Å². The smallest absolute Gasteiger partial charge is 0.318 e. The van der Waals surface area contributed by atoms with Crippen LogP contribution in [0, 0.1) is 28.9 Å². The molecule has 0 bridgehead atoms. The number of pyridine rings is 1. The van der Waals surface area contributed by atoms with Gasteiger partial charge < -0.3 is 25.2 Å². The van der Waals surface area contributed by atoms with Crippen molar-refractivity contribution < 1.29 is 13.5 Å². The molecule has 9 nitrogen and oxygen atoms in total. The maximum atomic E-state index is 14.7. The van der Waals surface area contributed by atoms with E-state index >= 15 is 0 Å². The Bertz CT molecular complexity index is 1710. The summed E-state index contributed by atoms with van der Waals surface area (Å²) in [5.74, 6) is -0.982. The Balaban J connectivity index is 1.46. The van der Waals surface area contributed by atoms with Gasteiger partial charge in [-0.1, -0.05) is 0 Å². The Labute approximate surface area is 247 Å². The Morgan fingerprint density at radius 2 is 2.02 bits per heavy atom. The van der Waals surface area contributed by atoms with E-state index in [9.17, 15) is 14.0 Å². The van der Waals surface area contributed by atoms with Crippen LogP contribution in [-0.4, -0.2) is 84.7 Å². The van der Waals surface area contributed by atoms with Gasteiger partial charge in [0.2, 0.25) is 0 Å². The van der Waals surface area contributed by atoms with Crippen LogP contribution in [0.25, 0.3) is 32.2 Å². The molecule has 0 amide bonds. The molecule has 1 atom stereocenters. The van der Waals surface area contributed by atoms with Crippen LogP contribution in [0.1, 0.15) is 31.2 Å². The summed E-state index contributed by atoms with van der Waals surface area (Å²) in [4.78, 5) is 20.9. The van der Waals surface area contributed by atoms with E-state index in [1.165, 1.54) is 6.42 Å². The number of likely N-dealkylation sites (tertiary alicyclic amines) is 1. The van der Waals surface area contributed by atoms with Crippen molar-refractivity contribution in [3.63, 3.8) is 0 Å². The number of benzene rings is 1. The predicted molar refractivity (Wildman–Crippen MR) is 162 cm³/mol. The van der Waals surface area contributed by atoms with Crippen molar-refractivity contribution in [3.05, 3.63) is 35.5 Å². The van der Waals surface area contributed by atoms with Crippen LogP contribution in [0.2, 0.25) is 0 Å². The van der Waals surface area contributed by atoms with Crippen LogP contribution in [0.3, 0.4) is 0 Å². The fourth-order valence-corrected chi connectivity index (χ4v) is 7.21. The fraction of sp³-hybridized carbons (Fsp3) is 0.467. The molecule has 0 unspecified atom stereocenters. The van der Waals surface area contributed by atoms with Crippen LogP contribution < -0.4 is 15.4 Å². The van der Waals surface area contributed by atoms with Crippen molar-refractivity contribution in [1.82, 2.24) is 24.8 Å². The van der Waals surface area contributed by atoms with E-state index in [2.05, 4.69) is 40.8 Å². The second-order valence-corrected chi connectivity index (χ2v) is 12.9. The molecule has 4 aromatic rings. The van der Waals surface area contributed by atoms with Gasteiger partial charge in [-0.05, 0) is 65.5 Å². The van der Waals surface area contributed by atoms with Crippen molar-refractivity contribution in [2.45, 2.75) is 31.2 Å². The summed E-state index contributed by atoms with van der Waals surface area (Å²) < 4.78 is 35.6. The molecule has 1 saturated carbocycles. The van der Waals surface area contributed by atoms with E-state index in [0.29, 0.717) is 34.9 Å². The summed E-state index contributed by atoms with van der Waals surface area (Å²) in [7, 11) is 8.34. The first-order valence-electron chi connectivity index (χ1n) is 14.1. The van der Waals surface area contributed by atoms with Crippen LogP contribution in [-0.2, 0) is 0 Å². The normalized spacial score (nSPS) is 18.5. The molecule has 1 saturated heterocycles. The number of rotatable bonds is 8. The molecule has 0 spiro atoms. The Kier molecular flexibility index (Phi) is 7.37. The number of fused-ring (bicyclic) bond motifs is 2. The average Bonchev–Trinajstić information content (AvgIpc) is 3.52. The van der Waals surface area contributed by atoms with Crippen LogP contribution in [0.4, 0.5) is 19.6 Å². The monoisotopic (exact) mass is 592 g/mol. The number of ether oxygens (including phenoxy) is 1. The van der Waals surface area contributed by atoms with E-state index in [4.69, 9.17) is 20.4 Å². The topological polar surface area (TPSA) is 107 Å². The lowest BCUT2D eigenvalue weighted by molar-refractivity contribution is 0.0682. The largest absolute Gasteiger partial charge is 0.463 e. The highest BCUT2D eigenvalue weighted by atomic mass is 32.1. The number of halogens is 2. The zero-order valence-electron chi connectivity index (χ0n) is 24.2. The van der Waals surface area contributed by atoms with Crippen molar-refractivity contribution in [2.75, 3.05) is 65.1 Å². The van der Waals surface area contributed by atoms with E-state index in [1.54, 1.807) is 12.3 Å². The molecule has 0 radical (unpaired) electrons. The molecule has 6 rings (SSSR count). The summed E-state index contributed by atoms with van der Waals surface area (Å²) in [6, 6.07) is 5.09. The van der Waals surface area contributed by atoms with Crippen molar-refractivity contribution in [3.8, 4) is 23.3 Å². The fourth-order valence-electron chi connectivity index (χ4n) is 6.24. The summed E-state index contributed by atoms with van der Waals surface area (Å²) in [5.41, 5.74) is 7.36. The van der Waals surface area contributed by atoms with Gasteiger partial charge in [0.05, 0.1) is 33.5 Å². The number of aromatic nitrogens is 3. The molecule has 220 valence electrons. The van der Waals surface area contributed by atoms with E-state index in [0.717, 1.165) is 56.3 Å². The third kappa shape index (κ3) is 4.89. The van der Waals surface area contributed by atoms with Crippen LogP contribution in [0.15, 0.2) is 18.3 Å². The minimum Gasteiger partial charge on any atom is -0.463 e. The number of nitrogen functional groups attached to an aromatic ring is 1. The summed E-state index contributed by atoms with van der Waals surface area (Å²) in [6.45, 7) is 3.26. The maximum absolute atomic E-state index is 14.7. The number of hydrogen-bond acceptors (Lipinski definition) is 10. The second kappa shape index (κ2) is 10.9. The highest BCUT2D eigenvalue weighted by molar-refractivity contribution is 7.23. The zero-order chi connectivity index (χ0) is 29.8. The number of likely N-dealkylation sites (N-methyl/N-ethyl adjacent to an activating group) is 2. The van der Waals surface area contributed by atoms with Gasteiger partial charge in [0.25, 0.3) is 0 Å². The first kappa shape index (κ1) is 28.5. The Hall–Kier alpha value is -3.66. The summed E-state index contributed by atoms with van der Waals surface area (Å²) in [5, 5.41) is 10.8. The second-order valence-electron chi connectivity index (χ2n) is 11.8. The molecule has 2 aliphatic rings. The van der Waals surface area contributed by atoms with Gasteiger partial charge in [0, 0.05) is 48.7 Å². The van der Waals surface area contributed by atoms with Gasteiger partial charge >= 0.3 is 6.01 Å². The first-order chi connectivity index (χ1) is 20.1. The SMILES string of the molecule is CN1CC[C@H](COc2nc(N(C)CC3(N(C)C)CCC3)c3cnc(-c4cc(F)c(F)c5sc(N)c(C#N)c45)cc3n2)C1. The minimum atomic E-state index is -1.03. The molecule has 2 fully saturated rings. The van der Waals surface area contributed by atoms with E-state index < -0.39 is 11.6 Å². The zero-order valence-corrected chi connectivity index (χ0v) is 25.1. The third-order valence-corrected chi connectivity index (χ3v) is 9.89. The quantitative estimate of drug-likeness (QED) is 0.306. The molecule has 3 aromatic heterocycles. The highest BCUT2D eigenvalue weighted by Crippen LogP contribution is 2.42. The average molecular weight is 593 g/mol. The van der Waals surface area contributed by atoms with Gasteiger partial charge in [-0.15, -0.1) is 11.3 Å². The molecular weight excluding hydrogens is 558 g/mol. The van der Waals surface area contributed by atoms with Crippen molar-refractivity contribution in [1.29, 1.82) is 5.26 Å². The molecule has 2 N–H and O–H groups in total. The van der Waals surface area contributed by atoms with Gasteiger partial charge in [-0.3, -0.25) is 4.98 Å². The number of nitrogens with zero attached hydrogens (tertiary/aromatic N) is 7. The van der Waals surface area contributed by atoms with E-state index in [1.807, 2.05) is 13.1 Å². The van der Waals surface area contributed by atoms with Gasteiger partial charge in [0.1, 0.15) is 16.9 Å². The standard InChI is InChI=1S/C30H34F2N8OS/c1-38(2)30(7-5-8-30)16-40(4)28-20-13-35-22(11-23(20)36-29(37-28)41-15-17-6-9-39(3)14-17)18-10-21(31)25(32)26-24(18)19(12-33)27(34)42-26/h10-11,13,17H,5-9,14-16,34H2,1-4H3/t17-/m0/s1. The maximum Gasteiger partial charge on any atom is 0.318 e. The molecular formula is C30H34F2N8OS.